The number of carbonyl (C=O) groups excluding carboxylic acids is 3. The lowest BCUT2D eigenvalue weighted by Crippen LogP contribution is -2.71. The Balaban J connectivity index is 1.62. The number of nitrogens with two attached hydrogens (primary N) is 1. The van der Waals surface area contributed by atoms with Crippen molar-refractivity contribution in [3.63, 3.8) is 0 Å². The van der Waals surface area contributed by atoms with Gasteiger partial charge in [-0.25, -0.2) is 0 Å². The molecule has 11 N–H and O–H groups in total. The van der Waals surface area contributed by atoms with Gasteiger partial charge < -0.3 is 75.6 Å². The lowest BCUT2D eigenvalue weighted by molar-refractivity contribution is -0.354. The van der Waals surface area contributed by atoms with Crippen LogP contribution < -0.4 is 11.1 Å². The minimum Gasteiger partial charge on any atom is -0.394 e. The number of hydrogen-bond donors (Lipinski definition) is 10. The van der Waals surface area contributed by atoms with E-state index in [2.05, 4.69) is 5.32 Å². The third-order valence-corrected chi connectivity index (χ3v) is 9.43. The molecule has 4 heterocycles. The number of ether oxygens (including phenoxy) is 5. The molecule has 0 bridgehead atoms. The molecule has 0 aromatic carbocycles. The van der Waals surface area contributed by atoms with Gasteiger partial charge in [0.2, 0.25) is 17.7 Å². The number of hydrogen-bond acceptors (Lipinski definition) is 17. The Bertz CT molecular complexity index is 1090. The van der Waals surface area contributed by atoms with Gasteiger partial charge in [0, 0.05) is 19.3 Å². The van der Waals surface area contributed by atoms with Crippen LogP contribution >= 0.6 is 0 Å². The van der Waals surface area contributed by atoms with Crippen LogP contribution in [-0.2, 0) is 38.1 Å². The molecule has 19 nitrogen and oxygen atoms in total. The first-order valence-corrected chi connectivity index (χ1v) is 16.8. The molecule has 15 atom stereocenters. The SMILES string of the molecule is CCCCCCCC(=O)N[C@H]1[C@H](OC2[C@@H](CO)O[C@@H](O)[C@H](N)[C@H]2O)O[C@H](CO)C(O[C@@H]2O[C@H](CO)[C@@H](O)[C@H](O)[C@H]2N2C(=O)CCC2=O)[C@@H]1O. The van der Waals surface area contributed by atoms with Gasteiger partial charge in [-0.05, 0) is 6.42 Å². The quantitative estimate of drug-likeness (QED) is 0.0562. The standard InChI is InChI=1S/C30H51N3O16/c1-2-3-4-5-6-7-16(37)32-20-24(42)27(15(12-36)47-29(20)48-26-14(11-35)45-28(44)19(31)23(26)41)49-30-21(33-17(38)8-9-18(33)39)25(43)22(40)13(10-34)46-30/h13-15,19-30,34-36,40-44H,2-12,31H2,1H3,(H,32,37)/t13-,14-,15-,19-,20-,21-,22-,23-,24-,25-,26?,27?,28-,29+,30+/m1/s1. The fraction of sp³-hybridized carbons (Fsp3) is 0.900. The maximum absolute atomic E-state index is 13.1. The van der Waals surface area contributed by atoms with Crippen molar-refractivity contribution >= 4 is 17.7 Å². The van der Waals surface area contributed by atoms with Crippen LogP contribution in [0.4, 0.5) is 0 Å². The summed E-state index contributed by atoms with van der Waals surface area (Å²) in [4.78, 5) is 39.2. The van der Waals surface area contributed by atoms with E-state index in [0.717, 1.165) is 25.7 Å². The summed E-state index contributed by atoms with van der Waals surface area (Å²) in [6, 6.07) is -4.50. The zero-order valence-electron chi connectivity index (χ0n) is 27.3. The second-order valence-electron chi connectivity index (χ2n) is 12.8. The zero-order chi connectivity index (χ0) is 36.0. The average Bonchev–Trinajstić information content (AvgIpc) is 3.41. The molecule has 0 aromatic heterocycles. The van der Waals surface area contributed by atoms with Gasteiger partial charge in [0.1, 0.15) is 67.0 Å². The summed E-state index contributed by atoms with van der Waals surface area (Å²) in [6.45, 7) is -0.341. The second kappa shape index (κ2) is 18.0. The van der Waals surface area contributed by atoms with Gasteiger partial charge in [-0.3, -0.25) is 19.3 Å². The van der Waals surface area contributed by atoms with Gasteiger partial charge in [-0.15, -0.1) is 0 Å². The Morgan fingerprint density at radius 1 is 0.776 bits per heavy atom. The zero-order valence-corrected chi connectivity index (χ0v) is 27.3. The number of unbranched alkanes of at least 4 members (excludes halogenated alkanes) is 4. The van der Waals surface area contributed by atoms with Crippen molar-refractivity contribution in [3.8, 4) is 0 Å². The summed E-state index contributed by atoms with van der Waals surface area (Å²) in [5.74, 6) is -1.90. The van der Waals surface area contributed by atoms with E-state index < -0.39 is 129 Å². The number of carbonyl (C=O) groups is 3. The summed E-state index contributed by atoms with van der Waals surface area (Å²) in [5.41, 5.74) is 5.85. The van der Waals surface area contributed by atoms with Gasteiger partial charge in [0.25, 0.3) is 0 Å². The van der Waals surface area contributed by atoms with Crippen LogP contribution in [0, 0.1) is 0 Å². The van der Waals surface area contributed by atoms with Crippen molar-refractivity contribution in [3.05, 3.63) is 0 Å². The first-order chi connectivity index (χ1) is 23.4. The molecule has 0 saturated carbocycles. The van der Waals surface area contributed by atoms with Crippen LogP contribution in [0.2, 0.25) is 0 Å². The number of aliphatic hydroxyl groups excluding tert-OH is 8. The molecular formula is C30H51N3O16. The normalized spacial score (nSPS) is 41.7. The number of nitrogens with zero attached hydrogens (tertiary/aromatic N) is 1. The van der Waals surface area contributed by atoms with Crippen LogP contribution in [-0.4, -0.2) is 175 Å². The lowest BCUT2D eigenvalue weighted by atomic mass is 9.93. The molecule has 2 unspecified atom stereocenters. The van der Waals surface area contributed by atoms with E-state index in [4.69, 9.17) is 29.4 Å². The molecule has 4 rings (SSSR count). The third kappa shape index (κ3) is 8.93. The molecule has 49 heavy (non-hydrogen) atoms. The van der Waals surface area contributed by atoms with Crippen LogP contribution in [0.3, 0.4) is 0 Å². The summed E-state index contributed by atoms with van der Waals surface area (Å²) in [6.07, 6.45) is -15.5. The van der Waals surface area contributed by atoms with Gasteiger partial charge in [-0.1, -0.05) is 32.6 Å². The van der Waals surface area contributed by atoms with E-state index in [1.54, 1.807) is 0 Å². The highest BCUT2D eigenvalue weighted by atomic mass is 16.7. The molecule has 4 aliphatic rings. The number of nitrogens with one attached hydrogen (secondary N) is 1. The highest BCUT2D eigenvalue weighted by molar-refractivity contribution is 6.02. The Morgan fingerprint density at radius 3 is 1.94 bits per heavy atom. The maximum Gasteiger partial charge on any atom is 0.230 e. The summed E-state index contributed by atoms with van der Waals surface area (Å²) in [7, 11) is 0. The molecular weight excluding hydrogens is 658 g/mol. The van der Waals surface area contributed by atoms with Crippen LogP contribution in [0.15, 0.2) is 0 Å². The van der Waals surface area contributed by atoms with Gasteiger partial charge in [0.05, 0.1) is 25.9 Å². The van der Waals surface area contributed by atoms with Gasteiger partial charge in [-0.2, -0.15) is 0 Å². The van der Waals surface area contributed by atoms with Gasteiger partial charge in [0.15, 0.2) is 18.9 Å². The van der Waals surface area contributed by atoms with E-state index in [-0.39, 0.29) is 19.3 Å². The number of aliphatic hydroxyl groups is 8. The number of rotatable bonds is 15. The van der Waals surface area contributed by atoms with E-state index in [1.807, 2.05) is 6.92 Å². The van der Waals surface area contributed by atoms with E-state index in [0.29, 0.717) is 11.3 Å². The molecule has 4 saturated heterocycles. The molecule has 4 fully saturated rings. The van der Waals surface area contributed by atoms with Crippen LogP contribution in [0.25, 0.3) is 0 Å². The van der Waals surface area contributed by atoms with Crippen molar-refractivity contribution < 1.29 is 78.9 Å². The molecule has 0 spiro atoms. The van der Waals surface area contributed by atoms with Crippen molar-refractivity contribution in [2.75, 3.05) is 19.8 Å². The fourth-order valence-electron chi connectivity index (χ4n) is 6.61. The summed E-state index contributed by atoms with van der Waals surface area (Å²) >= 11 is 0. The number of imide groups is 1. The molecule has 3 amide bonds. The van der Waals surface area contributed by atoms with Crippen molar-refractivity contribution in [2.24, 2.45) is 5.73 Å². The van der Waals surface area contributed by atoms with Crippen molar-refractivity contribution in [1.29, 1.82) is 0 Å². The number of likely N-dealkylation sites (tertiary alicyclic amines) is 1. The molecule has 19 heteroatoms. The van der Waals surface area contributed by atoms with Crippen LogP contribution in [0.5, 0.6) is 0 Å². The first kappa shape index (κ1) is 39.8. The molecule has 282 valence electrons. The van der Waals surface area contributed by atoms with E-state index in [9.17, 15) is 55.2 Å². The van der Waals surface area contributed by atoms with E-state index >= 15 is 0 Å². The average molecular weight is 710 g/mol. The highest BCUT2D eigenvalue weighted by Gasteiger charge is 2.56. The smallest absolute Gasteiger partial charge is 0.230 e. The Morgan fingerprint density at radius 2 is 1.33 bits per heavy atom. The first-order valence-electron chi connectivity index (χ1n) is 16.8. The minimum atomic E-state index is -1.85. The fourth-order valence-corrected chi connectivity index (χ4v) is 6.61. The maximum atomic E-state index is 13.1. The van der Waals surface area contributed by atoms with Crippen molar-refractivity contribution in [2.45, 2.75) is 150 Å². The Kier molecular flexibility index (Phi) is 14.6. The second-order valence-corrected chi connectivity index (χ2v) is 12.8. The Hall–Kier alpha value is -1.95. The number of amides is 3. The third-order valence-electron chi connectivity index (χ3n) is 9.43. The van der Waals surface area contributed by atoms with Gasteiger partial charge >= 0.3 is 0 Å². The largest absolute Gasteiger partial charge is 0.394 e. The van der Waals surface area contributed by atoms with Crippen LogP contribution in [0.1, 0.15) is 58.3 Å². The molecule has 4 aliphatic heterocycles. The molecule has 0 aromatic rings. The molecule has 0 radical (unpaired) electrons. The molecule has 0 aliphatic carbocycles. The predicted molar refractivity (Wildman–Crippen MR) is 161 cm³/mol. The minimum absolute atomic E-state index is 0.0509. The topological polar surface area (TPSA) is 300 Å². The summed E-state index contributed by atoms with van der Waals surface area (Å²) < 4.78 is 28.9. The summed E-state index contributed by atoms with van der Waals surface area (Å²) in [5, 5.41) is 86.8. The van der Waals surface area contributed by atoms with E-state index in [1.165, 1.54) is 0 Å². The predicted octanol–water partition coefficient (Wildman–Crippen LogP) is -4.97. The Labute approximate surface area is 282 Å². The van der Waals surface area contributed by atoms with Crippen molar-refractivity contribution in [1.82, 2.24) is 10.2 Å². The lowest BCUT2D eigenvalue weighted by Gasteiger charge is -2.50. The highest BCUT2D eigenvalue weighted by Crippen LogP contribution is 2.34. The monoisotopic (exact) mass is 709 g/mol.